The zero-order valence-corrected chi connectivity index (χ0v) is 15.8. The summed E-state index contributed by atoms with van der Waals surface area (Å²) in [6, 6.07) is 15.5. The molecule has 0 fully saturated rings. The van der Waals surface area contributed by atoms with Gasteiger partial charge >= 0.3 is 11.8 Å². The molecule has 0 saturated carbocycles. The zero-order valence-electron chi connectivity index (χ0n) is 15.8. The first-order valence-electron chi connectivity index (χ1n) is 9.68. The van der Waals surface area contributed by atoms with E-state index in [0.29, 0.717) is 18.7 Å². The van der Waals surface area contributed by atoms with E-state index in [9.17, 15) is 9.59 Å². The first-order valence-corrected chi connectivity index (χ1v) is 9.68. The first kappa shape index (κ1) is 19.0. The number of nitrogens with one attached hydrogen (secondary N) is 2. The highest BCUT2D eigenvalue weighted by Gasteiger charge is 2.17. The molecule has 5 heteroatoms. The van der Waals surface area contributed by atoms with Crippen molar-refractivity contribution >= 4 is 23.2 Å². The van der Waals surface area contributed by atoms with Crippen LogP contribution in [0.2, 0.25) is 0 Å². The van der Waals surface area contributed by atoms with Crippen LogP contribution in [0.15, 0.2) is 48.5 Å². The van der Waals surface area contributed by atoms with Crippen LogP contribution in [-0.2, 0) is 22.4 Å². The summed E-state index contributed by atoms with van der Waals surface area (Å²) in [5, 5.41) is 5.29. The van der Waals surface area contributed by atoms with Gasteiger partial charge in [0.2, 0.25) is 0 Å². The molecule has 2 aromatic carbocycles. The minimum Gasteiger partial charge on any atom is -0.371 e. The molecule has 27 heavy (non-hydrogen) atoms. The van der Waals surface area contributed by atoms with Gasteiger partial charge in [-0.05, 0) is 55.0 Å². The van der Waals surface area contributed by atoms with E-state index in [4.69, 9.17) is 0 Å². The molecule has 1 aliphatic heterocycles. The molecule has 0 saturated heterocycles. The van der Waals surface area contributed by atoms with Crippen LogP contribution in [0.3, 0.4) is 0 Å². The second-order valence-electron chi connectivity index (χ2n) is 6.88. The van der Waals surface area contributed by atoms with Gasteiger partial charge in [0.25, 0.3) is 0 Å². The van der Waals surface area contributed by atoms with E-state index in [1.807, 2.05) is 18.2 Å². The number of fused-ring (bicyclic) bond motifs is 1. The van der Waals surface area contributed by atoms with Gasteiger partial charge in [0.05, 0.1) is 0 Å². The second kappa shape index (κ2) is 9.21. The molecule has 2 amide bonds. The smallest absolute Gasteiger partial charge is 0.313 e. The number of para-hydroxylation sites is 1. The Hall–Kier alpha value is -2.82. The summed E-state index contributed by atoms with van der Waals surface area (Å²) in [4.78, 5) is 26.3. The van der Waals surface area contributed by atoms with E-state index in [1.54, 1.807) is 12.1 Å². The van der Waals surface area contributed by atoms with Crippen molar-refractivity contribution in [2.24, 2.45) is 0 Å². The molecule has 3 rings (SSSR count). The maximum Gasteiger partial charge on any atom is 0.313 e. The fourth-order valence-electron chi connectivity index (χ4n) is 3.50. The molecule has 142 valence electrons. The summed E-state index contributed by atoms with van der Waals surface area (Å²) in [5.41, 5.74) is 4.54. The summed E-state index contributed by atoms with van der Waals surface area (Å²) in [6.45, 7) is 4.88. The van der Waals surface area contributed by atoms with Crippen LogP contribution in [0.5, 0.6) is 0 Å². The van der Waals surface area contributed by atoms with Crippen molar-refractivity contribution < 1.29 is 9.59 Å². The van der Waals surface area contributed by atoms with Gasteiger partial charge in [0.15, 0.2) is 0 Å². The van der Waals surface area contributed by atoms with Crippen molar-refractivity contribution in [3.63, 3.8) is 0 Å². The molecule has 2 aromatic rings. The van der Waals surface area contributed by atoms with Crippen LogP contribution in [0.4, 0.5) is 11.4 Å². The lowest BCUT2D eigenvalue weighted by Gasteiger charge is -2.31. The topological polar surface area (TPSA) is 61.4 Å². The van der Waals surface area contributed by atoms with E-state index in [0.717, 1.165) is 25.9 Å². The standard InChI is InChI=1S/C22H27N3O2/c1-2-14-25-15-6-7-18-16-17(10-11-20(18)25)12-13-23-21(26)22(27)24-19-8-4-3-5-9-19/h3-5,8-11,16H,2,6-7,12-15H2,1H3,(H,23,26)(H,24,27). The average molecular weight is 365 g/mol. The number of aryl methyl sites for hydroxylation is 1. The highest BCUT2D eigenvalue weighted by Crippen LogP contribution is 2.28. The van der Waals surface area contributed by atoms with Crippen molar-refractivity contribution in [1.29, 1.82) is 0 Å². The van der Waals surface area contributed by atoms with Gasteiger partial charge in [-0.3, -0.25) is 9.59 Å². The molecule has 0 atom stereocenters. The highest BCUT2D eigenvalue weighted by molar-refractivity contribution is 6.39. The van der Waals surface area contributed by atoms with Crippen molar-refractivity contribution in [2.45, 2.75) is 32.6 Å². The van der Waals surface area contributed by atoms with Gasteiger partial charge in [0, 0.05) is 31.0 Å². The predicted molar refractivity (Wildman–Crippen MR) is 109 cm³/mol. The minimum absolute atomic E-state index is 0.443. The molecule has 0 spiro atoms. The number of hydrogen-bond acceptors (Lipinski definition) is 3. The van der Waals surface area contributed by atoms with Crippen molar-refractivity contribution in [3.05, 3.63) is 59.7 Å². The third-order valence-corrected chi connectivity index (χ3v) is 4.79. The number of rotatable bonds is 6. The summed E-state index contributed by atoms with van der Waals surface area (Å²) in [5.74, 6) is -1.24. The SMILES string of the molecule is CCCN1CCCc2cc(CCNC(=O)C(=O)Nc3ccccc3)ccc21. The van der Waals surface area contributed by atoms with Crippen molar-refractivity contribution in [1.82, 2.24) is 5.32 Å². The summed E-state index contributed by atoms with van der Waals surface area (Å²) < 4.78 is 0. The Labute approximate surface area is 160 Å². The summed E-state index contributed by atoms with van der Waals surface area (Å²) in [6.07, 6.45) is 4.16. The van der Waals surface area contributed by atoms with Gasteiger partial charge in [-0.25, -0.2) is 0 Å². The quantitative estimate of drug-likeness (QED) is 0.773. The van der Waals surface area contributed by atoms with Crippen LogP contribution < -0.4 is 15.5 Å². The number of benzene rings is 2. The van der Waals surface area contributed by atoms with Gasteiger partial charge in [-0.2, -0.15) is 0 Å². The van der Waals surface area contributed by atoms with Crippen LogP contribution in [-0.4, -0.2) is 31.4 Å². The number of nitrogens with zero attached hydrogens (tertiary/aromatic N) is 1. The van der Waals surface area contributed by atoms with Crippen LogP contribution in [0.25, 0.3) is 0 Å². The Bertz CT molecular complexity index is 789. The second-order valence-corrected chi connectivity index (χ2v) is 6.88. The molecule has 0 unspecified atom stereocenters. The van der Waals surface area contributed by atoms with Crippen molar-refractivity contribution in [2.75, 3.05) is 29.9 Å². The van der Waals surface area contributed by atoms with E-state index in [1.165, 1.54) is 23.2 Å². The predicted octanol–water partition coefficient (Wildman–Crippen LogP) is 3.15. The van der Waals surface area contributed by atoms with E-state index in [2.05, 4.69) is 40.7 Å². The molecule has 1 aliphatic rings. The number of amides is 2. The Kier molecular flexibility index (Phi) is 6.47. The maximum absolute atomic E-state index is 12.0. The van der Waals surface area contributed by atoms with Crippen LogP contribution in [0.1, 0.15) is 30.9 Å². The molecule has 1 heterocycles. The number of carbonyl (C=O) groups excluding carboxylic acids is 2. The highest BCUT2D eigenvalue weighted by atomic mass is 16.2. The molecule has 0 aromatic heterocycles. The molecular formula is C22H27N3O2. The molecule has 0 radical (unpaired) electrons. The molecule has 5 nitrogen and oxygen atoms in total. The zero-order chi connectivity index (χ0) is 19.1. The number of hydrogen-bond donors (Lipinski definition) is 2. The van der Waals surface area contributed by atoms with E-state index < -0.39 is 11.8 Å². The normalized spacial score (nSPS) is 13.0. The van der Waals surface area contributed by atoms with E-state index in [-0.39, 0.29) is 0 Å². The van der Waals surface area contributed by atoms with Crippen molar-refractivity contribution in [3.8, 4) is 0 Å². The van der Waals surface area contributed by atoms with Crippen LogP contribution >= 0.6 is 0 Å². The fraction of sp³-hybridized carbons (Fsp3) is 0.364. The number of anilines is 2. The Morgan fingerprint density at radius 1 is 1.07 bits per heavy atom. The Morgan fingerprint density at radius 2 is 1.89 bits per heavy atom. The monoisotopic (exact) mass is 365 g/mol. The van der Waals surface area contributed by atoms with Gasteiger partial charge in [0.1, 0.15) is 0 Å². The summed E-state index contributed by atoms with van der Waals surface area (Å²) >= 11 is 0. The van der Waals surface area contributed by atoms with Gasteiger partial charge < -0.3 is 15.5 Å². The van der Waals surface area contributed by atoms with Crippen LogP contribution in [0, 0.1) is 0 Å². The van der Waals surface area contributed by atoms with Gasteiger partial charge in [-0.1, -0.05) is 37.3 Å². The minimum atomic E-state index is -0.637. The third kappa shape index (κ3) is 5.09. The molecule has 2 N–H and O–H groups in total. The van der Waals surface area contributed by atoms with Gasteiger partial charge in [-0.15, -0.1) is 0 Å². The first-order chi connectivity index (χ1) is 13.2. The third-order valence-electron chi connectivity index (χ3n) is 4.79. The fourth-order valence-corrected chi connectivity index (χ4v) is 3.50. The van der Waals surface area contributed by atoms with E-state index >= 15 is 0 Å². The lowest BCUT2D eigenvalue weighted by molar-refractivity contribution is -0.136. The average Bonchev–Trinajstić information content (AvgIpc) is 2.69. The molecule has 0 aliphatic carbocycles. The molecule has 0 bridgehead atoms. The molecular weight excluding hydrogens is 338 g/mol. The lowest BCUT2D eigenvalue weighted by Crippen LogP contribution is -2.36. The maximum atomic E-state index is 12.0. The summed E-state index contributed by atoms with van der Waals surface area (Å²) in [7, 11) is 0. The largest absolute Gasteiger partial charge is 0.371 e. The Morgan fingerprint density at radius 3 is 2.67 bits per heavy atom. The number of carbonyl (C=O) groups is 2. The lowest BCUT2D eigenvalue weighted by atomic mass is 9.98. The Balaban J connectivity index is 1.50.